The second-order valence-electron chi connectivity index (χ2n) is 5.39. The predicted molar refractivity (Wildman–Crippen MR) is 91.2 cm³/mol. The predicted octanol–water partition coefficient (Wildman–Crippen LogP) is 1.36. The van der Waals surface area contributed by atoms with Crippen LogP contribution in [0.2, 0.25) is 0 Å². The average molecular weight is 328 g/mol. The largest absolute Gasteiger partial charge is 0.494 e. The van der Waals surface area contributed by atoms with Crippen LogP contribution in [0.5, 0.6) is 5.75 Å². The van der Waals surface area contributed by atoms with E-state index >= 15 is 0 Å². The van der Waals surface area contributed by atoms with Crippen LogP contribution in [0.25, 0.3) is 0 Å². The summed E-state index contributed by atoms with van der Waals surface area (Å²) in [5.41, 5.74) is -0.227. The zero-order valence-electron chi connectivity index (χ0n) is 14.0. The minimum atomic E-state index is -0.605. The van der Waals surface area contributed by atoms with Gasteiger partial charge in [-0.25, -0.2) is 4.79 Å². The van der Waals surface area contributed by atoms with Gasteiger partial charge in [0.1, 0.15) is 17.6 Å². The van der Waals surface area contributed by atoms with E-state index in [1.165, 1.54) is 18.7 Å². The molecule has 24 heavy (non-hydrogen) atoms. The maximum Gasteiger partial charge on any atom is 0.332 e. The van der Waals surface area contributed by atoms with E-state index in [0.717, 1.165) is 22.3 Å². The summed E-state index contributed by atoms with van der Waals surface area (Å²) >= 11 is 0. The molecule has 2 rings (SSSR count). The third kappa shape index (κ3) is 3.49. The Kier molecular flexibility index (Phi) is 5.42. The molecule has 1 N–H and O–H groups in total. The molecule has 0 aliphatic rings. The van der Waals surface area contributed by atoms with E-state index in [0.29, 0.717) is 13.2 Å². The second-order valence-corrected chi connectivity index (χ2v) is 5.39. The quantitative estimate of drug-likeness (QED) is 0.865. The molecule has 7 nitrogen and oxygen atoms in total. The maximum atomic E-state index is 12.0. The SMILES string of the molecule is CCCOc1ccc(CNc2c(C#N)c(=O)n(C)c(=O)n2C)cc1. The monoisotopic (exact) mass is 328 g/mol. The Balaban J connectivity index is 2.22. The number of hydrogen-bond acceptors (Lipinski definition) is 5. The zero-order chi connectivity index (χ0) is 17.7. The van der Waals surface area contributed by atoms with Crippen LogP contribution in [0.4, 0.5) is 5.82 Å². The average Bonchev–Trinajstić information content (AvgIpc) is 2.61. The van der Waals surface area contributed by atoms with E-state index in [1.807, 2.05) is 37.3 Å². The molecule has 0 fully saturated rings. The molecule has 126 valence electrons. The third-order valence-electron chi connectivity index (χ3n) is 3.63. The molecule has 0 saturated heterocycles. The highest BCUT2D eigenvalue weighted by Gasteiger charge is 2.14. The normalized spacial score (nSPS) is 10.2. The van der Waals surface area contributed by atoms with Gasteiger partial charge in [-0.15, -0.1) is 0 Å². The third-order valence-corrected chi connectivity index (χ3v) is 3.63. The number of aromatic nitrogens is 2. The number of nitrogens with one attached hydrogen (secondary N) is 1. The van der Waals surface area contributed by atoms with Crippen LogP contribution in [-0.2, 0) is 20.6 Å². The summed E-state index contributed by atoms with van der Waals surface area (Å²) in [6.45, 7) is 3.08. The summed E-state index contributed by atoms with van der Waals surface area (Å²) in [4.78, 5) is 24.0. The van der Waals surface area contributed by atoms with E-state index in [2.05, 4.69) is 5.32 Å². The van der Waals surface area contributed by atoms with Gasteiger partial charge in [0, 0.05) is 20.6 Å². The lowest BCUT2D eigenvalue weighted by atomic mass is 10.2. The van der Waals surface area contributed by atoms with Crippen molar-refractivity contribution in [3.8, 4) is 11.8 Å². The van der Waals surface area contributed by atoms with Gasteiger partial charge >= 0.3 is 5.69 Å². The smallest absolute Gasteiger partial charge is 0.332 e. The number of nitriles is 1. The van der Waals surface area contributed by atoms with Crippen LogP contribution in [0.3, 0.4) is 0 Å². The molecule has 1 aromatic carbocycles. The number of rotatable bonds is 6. The molecule has 0 aliphatic carbocycles. The molecule has 0 amide bonds. The molecule has 0 unspecified atom stereocenters. The Hall–Kier alpha value is -3.01. The molecule has 0 saturated carbocycles. The van der Waals surface area contributed by atoms with Crippen molar-refractivity contribution in [3.63, 3.8) is 0 Å². The summed E-state index contributed by atoms with van der Waals surface area (Å²) in [7, 11) is 2.87. The van der Waals surface area contributed by atoms with Gasteiger partial charge in [0.2, 0.25) is 0 Å². The van der Waals surface area contributed by atoms with Gasteiger partial charge in [-0.1, -0.05) is 19.1 Å². The lowest BCUT2D eigenvalue weighted by molar-refractivity contribution is 0.317. The van der Waals surface area contributed by atoms with Gasteiger partial charge in [0.15, 0.2) is 5.56 Å². The minimum Gasteiger partial charge on any atom is -0.494 e. The van der Waals surface area contributed by atoms with Gasteiger partial charge in [0.25, 0.3) is 5.56 Å². The first kappa shape index (κ1) is 17.3. The number of ether oxygens (including phenoxy) is 1. The Morgan fingerprint density at radius 2 is 1.83 bits per heavy atom. The van der Waals surface area contributed by atoms with E-state index < -0.39 is 11.2 Å². The minimum absolute atomic E-state index is 0.0810. The van der Waals surface area contributed by atoms with E-state index in [9.17, 15) is 14.9 Å². The van der Waals surface area contributed by atoms with Gasteiger partial charge in [-0.05, 0) is 24.1 Å². The molecule has 0 atom stereocenters. The fraction of sp³-hybridized carbons (Fsp3) is 0.353. The molecular formula is C17H20N4O3. The van der Waals surface area contributed by atoms with Crippen molar-refractivity contribution in [2.75, 3.05) is 11.9 Å². The molecule has 1 aromatic heterocycles. The number of anilines is 1. The van der Waals surface area contributed by atoms with Crippen LogP contribution < -0.4 is 21.3 Å². The Morgan fingerprint density at radius 3 is 2.42 bits per heavy atom. The Morgan fingerprint density at radius 1 is 1.17 bits per heavy atom. The fourth-order valence-corrected chi connectivity index (χ4v) is 2.26. The molecule has 0 spiro atoms. The van der Waals surface area contributed by atoms with Crippen LogP contribution >= 0.6 is 0 Å². The molecule has 0 radical (unpaired) electrons. The van der Waals surface area contributed by atoms with E-state index in [4.69, 9.17) is 4.74 Å². The molecule has 0 bridgehead atoms. The topological polar surface area (TPSA) is 89.1 Å². The second kappa shape index (κ2) is 7.51. The zero-order valence-corrected chi connectivity index (χ0v) is 14.0. The van der Waals surface area contributed by atoms with E-state index in [-0.39, 0.29) is 11.4 Å². The summed E-state index contributed by atoms with van der Waals surface area (Å²) in [5, 5.41) is 12.2. The highest BCUT2D eigenvalue weighted by Crippen LogP contribution is 2.14. The van der Waals surface area contributed by atoms with Crippen molar-refractivity contribution >= 4 is 5.82 Å². The standard InChI is InChI=1S/C17H20N4O3/c1-4-9-24-13-7-5-12(6-8-13)11-19-15-14(10-18)16(22)21(3)17(23)20(15)2/h5-8,19H,4,9,11H2,1-3H3. The maximum absolute atomic E-state index is 12.0. The van der Waals surface area contributed by atoms with Gasteiger partial charge in [-0.2, -0.15) is 5.26 Å². The van der Waals surface area contributed by atoms with E-state index in [1.54, 1.807) is 0 Å². The summed E-state index contributed by atoms with van der Waals surface area (Å²) in [6.07, 6.45) is 0.942. The number of benzene rings is 1. The highest BCUT2D eigenvalue weighted by molar-refractivity contribution is 5.51. The number of nitrogens with zero attached hydrogens (tertiary/aromatic N) is 3. The molecule has 1 heterocycles. The Labute approximate surface area is 139 Å². The van der Waals surface area contributed by atoms with Crippen molar-refractivity contribution in [3.05, 3.63) is 56.2 Å². The van der Waals surface area contributed by atoms with Crippen LogP contribution in [-0.4, -0.2) is 15.7 Å². The van der Waals surface area contributed by atoms with Gasteiger partial charge in [-0.3, -0.25) is 13.9 Å². The highest BCUT2D eigenvalue weighted by atomic mass is 16.5. The summed E-state index contributed by atoms with van der Waals surface area (Å²) in [6, 6.07) is 9.37. The van der Waals surface area contributed by atoms with Crippen LogP contribution in [0.15, 0.2) is 33.9 Å². The summed E-state index contributed by atoms with van der Waals surface area (Å²) in [5.74, 6) is 1.01. The van der Waals surface area contributed by atoms with Crippen molar-refractivity contribution in [2.45, 2.75) is 19.9 Å². The van der Waals surface area contributed by atoms with Gasteiger partial charge in [0.05, 0.1) is 6.61 Å². The summed E-state index contributed by atoms with van der Waals surface area (Å²) < 4.78 is 7.70. The van der Waals surface area contributed by atoms with Crippen molar-refractivity contribution in [2.24, 2.45) is 14.1 Å². The Bertz CT molecular complexity index is 873. The lowest BCUT2D eigenvalue weighted by Crippen LogP contribution is -2.39. The van der Waals surface area contributed by atoms with Crippen LogP contribution in [0, 0.1) is 11.3 Å². The van der Waals surface area contributed by atoms with Crippen molar-refractivity contribution < 1.29 is 4.74 Å². The number of hydrogen-bond donors (Lipinski definition) is 1. The fourth-order valence-electron chi connectivity index (χ4n) is 2.26. The van der Waals surface area contributed by atoms with Crippen molar-refractivity contribution in [1.29, 1.82) is 5.26 Å². The molecule has 0 aliphatic heterocycles. The van der Waals surface area contributed by atoms with Crippen LogP contribution in [0.1, 0.15) is 24.5 Å². The molecule has 2 aromatic rings. The molecule has 7 heteroatoms. The van der Waals surface area contributed by atoms with Crippen molar-refractivity contribution in [1.82, 2.24) is 9.13 Å². The molecular weight excluding hydrogens is 308 g/mol. The first-order chi connectivity index (χ1) is 11.5. The first-order valence-electron chi connectivity index (χ1n) is 7.65. The lowest BCUT2D eigenvalue weighted by Gasteiger charge is -2.14. The van der Waals surface area contributed by atoms with Gasteiger partial charge < -0.3 is 10.1 Å². The first-order valence-corrected chi connectivity index (χ1v) is 7.65.